The summed E-state index contributed by atoms with van der Waals surface area (Å²) in [6.07, 6.45) is 5.72. The Kier molecular flexibility index (Phi) is 2.89. The number of nitrogens with zero attached hydrogens (tertiary/aromatic N) is 1. The van der Waals surface area contributed by atoms with Gasteiger partial charge in [0.25, 0.3) is 0 Å². The van der Waals surface area contributed by atoms with Crippen molar-refractivity contribution >= 4 is 17.3 Å². The lowest BCUT2D eigenvalue weighted by atomic mass is 10.1. The maximum Gasteiger partial charge on any atom is 0.0384 e. The molecule has 0 amide bonds. The molecule has 60 valence electrons. The number of allylic oxidation sites excluding steroid dienone is 3. The molecule has 0 atom stereocenters. The summed E-state index contributed by atoms with van der Waals surface area (Å²) in [5.74, 6) is 0. The van der Waals surface area contributed by atoms with Crippen molar-refractivity contribution in [2.75, 3.05) is 0 Å². The Morgan fingerprint density at radius 1 is 1.64 bits per heavy atom. The minimum Gasteiger partial charge on any atom is -0.262 e. The van der Waals surface area contributed by atoms with Crippen LogP contribution in [0.15, 0.2) is 27.9 Å². The van der Waals surface area contributed by atoms with Gasteiger partial charge in [0.15, 0.2) is 0 Å². The number of halogens is 1. The number of hydrogen-bond acceptors (Lipinski definition) is 1. The highest BCUT2D eigenvalue weighted by atomic mass is 35.5. The molecular formula is C9H12ClN. The first-order valence-corrected chi connectivity index (χ1v) is 4.18. The molecule has 1 aliphatic rings. The SMILES string of the molecule is CCC1=CN=C(C)C=C(Cl)C1. The van der Waals surface area contributed by atoms with Crippen molar-refractivity contribution in [3.8, 4) is 0 Å². The number of aliphatic imine (C=N–C) groups is 1. The molecule has 0 spiro atoms. The second kappa shape index (κ2) is 3.72. The largest absolute Gasteiger partial charge is 0.262 e. The van der Waals surface area contributed by atoms with Crippen molar-refractivity contribution in [1.82, 2.24) is 0 Å². The predicted molar refractivity (Wildman–Crippen MR) is 50.0 cm³/mol. The van der Waals surface area contributed by atoms with Crippen molar-refractivity contribution in [2.45, 2.75) is 26.7 Å². The third-order valence-electron chi connectivity index (χ3n) is 1.67. The molecule has 1 rings (SSSR count). The van der Waals surface area contributed by atoms with E-state index < -0.39 is 0 Å². The van der Waals surface area contributed by atoms with Crippen LogP contribution in [0, 0.1) is 0 Å². The molecule has 0 saturated carbocycles. The van der Waals surface area contributed by atoms with Gasteiger partial charge in [-0.25, -0.2) is 0 Å². The van der Waals surface area contributed by atoms with E-state index >= 15 is 0 Å². The maximum absolute atomic E-state index is 5.93. The van der Waals surface area contributed by atoms with Crippen LogP contribution in [0.1, 0.15) is 26.7 Å². The van der Waals surface area contributed by atoms with E-state index in [9.17, 15) is 0 Å². The first kappa shape index (κ1) is 8.54. The predicted octanol–water partition coefficient (Wildman–Crippen LogP) is 3.27. The molecule has 2 heteroatoms. The van der Waals surface area contributed by atoms with Crippen LogP contribution in [0.2, 0.25) is 0 Å². The van der Waals surface area contributed by atoms with E-state index in [1.54, 1.807) is 0 Å². The van der Waals surface area contributed by atoms with Crippen LogP contribution in [-0.2, 0) is 0 Å². The first-order valence-electron chi connectivity index (χ1n) is 3.80. The summed E-state index contributed by atoms with van der Waals surface area (Å²) in [5.41, 5.74) is 2.28. The van der Waals surface area contributed by atoms with E-state index in [1.165, 1.54) is 5.57 Å². The van der Waals surface area contributed by atoms with Crippen LogP contribution < -0.4 is 0 Å². The number of hydrogen-bond donors (Lipinski definition) is 0. The standard InChI is InChI=1S/C9H12ClN/c1-3-8-5-9(10)4-7(2)11-6-8/h4,6H,3,5H2,1-2H3. The van der Waals surface area contributed by atoms with Gasteiger partial charge in [-0.15, -0.1) is 0 Å². The average Bonchev–Trinajstić information content (AvgIpc) is 2.11. The Bertz CT molecular complexity index is 236. The van der Waals surface area contributed by atoms with Crippen molar-refractivity contribution in [2.24, 2.45) is 4.99 Å². The van der Waals surface area contributed by atoms with Crippen LogP contribution in [0.3, 0.4) is 0 Å². The fraction of sp³-hybridized carbons (Fsp3) is 0.444. The normalized spacial score (nSPS) is 18.3. The van der Waals surface area contributed by atoms with Crippen molar-refractivity contribution in [3.05, 3.63) is 22.9 Å². The molecule has 0 radical (unpaired) electrons. The Morgan fingerprint density at radius 3 is 3.00 bits per heavy atom. The van der Waals surface area contributed by atoms with Crippen LogP contribution >= 0.6 is 11.6 Å². The van der Waals surface area contributed by atoms with E-state index in [0.29, 0.717) is 0 Å². The van der Waals surface area contributed by atoms with Gasteiger partial charge in [0.05, 0.1) is 0 Å². The van der Waals surface area contributed by atoms with Crippen molar-refractivity contribution in [1.29, 1.82) is 0 Å². The zero-order valence-corrected chi connectivity index (χ0v) is 7.65. The van der Waals surface area contributed by atoms with Crippen LogP contribution in [0.5, 0.6) is 0 Å². The molecule has 11 heavy (non-hydrogen) atoms. The molecule has 0 saturated heterocycles. The fourth-order valence-corrected chi connectivity index (χ4v) is 1.32. The second-order valence-electron chi connectivity index (χ2n) is 2.68. The van der Waals surface area contributed by atoms with Gasteiger partial charge < -0.3 is 0 Å². The Labute approximate surface area is 72.5 Å². The van der Waals surface area contributed by atoms with Gasteiger partial charge in [-0.2, -0.15) is 0 Å². The zero-order valence-electron chi connectivity index (χ0n) is 6.89. The topological polar surface area (TPSA) is 12.4 Å². The lowest BCUT2D eigenvalue weighted by Crippen LogP contribution is -1.82. The highest BCUT2D eigenvalue weighted by Crippen LogP contribution is 2.19. The summed E-state index contributed by atoms with van der Waals surface area (Å²) in [6, 6.07) is 0. The van der Waals surface area contributed by atoms with E-state index in [1.807, 2.05) is 19.2 Å². The van der Waals surface area contributed by atoms with Gasteiger partial charge >= 0.3 is 0 Å². The number of rotatable bonds is 1. The molecule has 1 heterocycles. The summed E-state index contributed by atoms with van der Waals surface area (Å²) in [6.45, 7) is 4.07. The smallest absolute Gasteiger partial charge is 0.0384 e. The summed E-state index contributed by atoms with van der Waals surface area (Å²) < 4.78 is 0. The van der Waals surface area contributed by atoms with Gasteiger partial charge in [0.1, 0.15) is 0 Å². The molecule has 0 N–H and O–H groups in total. The third kappa shape index (κ3) is 2.51. The molecule has 1 aliphatic heterocycles. The maximum atomic E-state index is 5.93. The second-order valence-corrected chi connectivity index (χ2v) is 3.16. The first-order chi connectivity index (χ1) is 5.22. The lowest BCUT2D eigenvalue weighted by molar-refractivity contribution is 1.02. The Hall–Kier alpha value is -0.560. The van der Waals surface area contributed by atoms with Crippen molar-refractivity contribution < 1.29 is 0 Å². The molecule has 0 bridgehead atoms. The summed E-state index contributed by atoms with van der Waals surface area (Å²) in [4.78, 5) is 4.22. The zero-order chi connectivity index (χ0) is 8.27. The van der Waals surface area contributed by atoms with E-state index in [-0.39, 0.29) is 0 Å². The van der Waals surface area contributed by atoms with E-state index in [0.717, 1.165) is 23.6 Å². The Morgan fingerprint density at radius 2 is 2.36 bits per heavy atom. The lowest BCUT2D eigenvalue weighted by Gasteiger charge is -1.97. The van der Waals surface area contributed by atoms with E-state index in [4.69, 9.17) is 11.6 Å². The highest BCUT2D eigenvalue weighted by molar-refractivity contribution is 6.31. The summed E-state index contributed by atoms with van der Waals surface area (Å²) in [5, 5.41) is 0.886. The van der Waals surface area contributed by atoms with Crippen LogP contribution in [0.25, 0.3) is 0 Å². The molecule has 0 unspecified atom stereocenters. The van der Waals surface area contributed by atoms with Gasteiger partial charge in [-0.05, 0) is 25.0 Å². The summed E-state index contributed by atoms with van der Waals surface area (Å²) in [7, 11) is 0. The third-order valence-corrected chi connectivity index (χ3v) is 1.91. The Balaban J connectivity index is 2.85. The quantitative estimate of drug-likeness (QED) is 0.572. The van der Waals surface area contributed by atoms with Gasteiger partial charge in [0.2, 0.25) is 0 Å². The van der Waals surface area contributed by atoms with Gasteiger partial charge in [0, 0.05) is 23.4 Å². The molecule has 0 aliphatic carbocycles. The molecule has 0 aromatic rings. The summed E-state index contributed by atoms with van der Waals surface area (Å²) >= 11 is 5.93. The van der Waals surface area contributed by atoms with Gasteiger partial charge in [-0.1, -0.05) is 18.5 Å². The molecule has 0 aromatic heterocycles. The molecule has 0 fully saturated rings. The minimum absolute atomic E-state index is 0.860. The molecule has 0 aromatic carbocycles. The highest BCUT2D eigenvalue weighted by Gasteiger charge is 2.01. The fourth-order valence-electron chi connectivity index (χ4n) is 0.987. The average molecular weight is 170 g/mol. The molecular weight excluding hydrogens is 158 g/mol. The van der Waals surface area contributed by atoms with Gasteiger partial charge in [-0.3, -0.25) is 4.99 Å². The minimum atomic E-state index is 0.860. The van der Waals surface area contributed by atoms with Crippen LogP contribution in [0.4, 0.5) is 0 Å². The molecule has 1 nitrogen and oxygen atoms in total. The monoisotopic (exact) mass is 169 g/mol. The van der Waals surface area contributed by atoms with Crippen LogP contribution in [-0.4, -0.2) is 5.71 Å². The van der Waals surface area contributed by atoms with E-state index in [2.05, 4.69) is 11.9 Å². The van der Waals surface area contributed by atoms with Crippen molar-refractivity contribution in [3.63, 3.8) is 0 Å².